The molecule has 0 saturated carbocycles. The predicted molar refractivity (Wildman–Crippen MR) is 67.2 cm³/mol. The van der Waals surface area contributed by atoms with Crippen molar-refractivity contribution >= 4 is 11.0 Å². The number of rotatable bonds is 0. The summed E-state index contributed by atoms with van der Waals surface area (Å²) in [5.41, 5.74) is 1.27. The summed E-state index contributed by atoms with van der Waals surface area (Å²) in [5.74, 6) is -0.344. The average Bonchev–Trinajstić information content (AvgIpc) is 2.36. The fraction of sp³-hybridized carbons (Fsp3) is 0.0714. The van der Waals surface area contributed by atoms with E-state index < -0.39 is 11.2 Å². The van der Waals surface area contributed by atoms with Crippen LogP contribution in [-0.2, 0) is 0 Å². The number of aromatic hydroxyl groups is 2. The number of phenolic OH excluding ortho intramolecular Hbond substituents is 2. The lowest BCUT2D eigenvalue weighted by Gasteiger charge is -2.12. The number of hydrogen-bond acceptors (Lipinski definition) is 4. The van der Waals surface area contributed by atoms with E-state index in [0.717, 1.165) is 10.9 Å². The standard InChI is InChI=1S/C14H10O4/c1-7-8-3-2-4-11(16)13(8)18-14-9(7)5-6-10(15)12(14)17/h2-6,16-17H,1H3. The van der Waals surface area contributed by atoms with Crippen LogP contribution in [0, 0.1) is 6.92 Å². The second kappa shape index (κ2) is 3.50. The minimum atomic E-state index is -0.500. The van der Waals surface area contributed by atoms with Crippen LogP contribution in [0.5, 0.6) is 11.5 Å². The summed E-state index contributed by atoms with van der Waals surface area (Å²) in [6.07, 6.45) is 0. The Balaban J connectivity index is 2.62. The van der Waals surface area contributed by atoms with Crippen molar-refractivity contribution in [1.82, 2.24) is 0 Å². The molecule has 2 aliphatic rings. The molecular formula is C14H10O4. The van der Waals surface area contributed by atoms with Crippen LogP contribution in [0.15, 0.2) is 39.5 Å². The predicted octanol–water partition coefficient (Wildman–Crippen LogP) is 2.62. The van der Waals surface area contributed by atoms with Gasteiger partial charge >= 0.3 is 0 Å². The maximum atomic E-state index is 11.4. The molecule has 0 fully saturated rings. The van der Waals surface area contributed by atoms with Crippen LogP contribution in [0.3, 0.4) is 0 Å². The van der Waals surface area contributed by atoms with Crippen molar-refractivity contribution in [2.75, 3.05) is 0 Å². The second-order valence-corrected chi connectivity index (χ2v) is 4.17. The van der Waals surface area contributed by atoms with Gasteiger partial charge in [0.15, 0.2) is 17.1 Å². The molecule has 2 N–H and O–H groups in total. The van der Waals surface area contributed by atoms with Crippen molar-refractivity contribution in [3.05, 3.63) is 46.1 Å². The molecule has 1 aromatic carbocycles. The summed E-state index contributed by atoms with van der Waals surface area (Å²) < 4.78 is 5.47. The van der Waals surface area contributed by atoms with Gasteiger partial charge in [-0.2, -0.15) is 0 Å². The van der Waals surface area contributed by atoms with Gasteiger partial charge in [-0.05, 0) is 30.7 Å². The highest BCUT2D eigenvalue weighted by molar-refractivity contribution is 5.91. The summed E-state index contributed by atoms with van der Waals surface area (Å²) in [5, 5.41) is 20.3. The van der Waals surface area contributed by atoms with Gasteiger partial charge in [-0.15, -0.1) is 0 Å². The molecule has 0 bridgehead atoms. The van der Waals surface area contributed by atoms with E-state index in [1.54, 1.807) is 12.1 Å². The first-order valence-corrected chi connectivity index (χ1v) is 5.46. The molecule has 0 radical (unpaired) electrons. The SMILES string of the molecule is Cc1c2ccc(=O)c(O)c-2oc2c(O)cccc12. The molecule has 1 heterocycles. The Hall–Kier alpha value is -2.49. The summed E-state index contributed by atoms with van der Waals surface area (Å²) in [6.45, 7) is 1.85. The Morgan fingerprint density at radius 3 is 2.67 bits per heavy atom. The van der Waals surface area contributed by atoms with Gasteiger partial charge in [0.05, 0.1) is 0 Å². The molecule has 1 aliphatic carbocycles. The second-order valence-electron chi connectivity index (χ2n) is 4.17. The van der Waals surface area contributed by atoms with Gasteiger partial charge in [-0.1, -0.05) is 12.1 Å². The first kappa shape index (κ1) is 10.7. The van der Waals surface area contributed by atoms with E-state index in [9.17, 15) is 15.0 Å². The molecule has 18 heavy (non-hydrogen) atoms. The van der Waals surface area contributed by atoms with Crippen molar-refractivity contribution in [3.63, 3.8) is 0 Å². The monoisotopic (exact) mass is 242 g/mol. The van der Waals surface area contributed by atoms with Crippen LogP contribution in [0.4, 0.5) is 0 Å². The van der Waals surface area contributed by atoms with Crippen molar-refractivity contribution < 1.29 is 14.6 Å². The molecule has 0 saturated heterocycles. The number of fused-ring (bicyclic) bond motifs is 2. The molecular weight excluding hydrogens is 232 g/mol. The molecule has 1 aliphatic heterocycles. The summed E-state index contributed by atoms with van der Waals surface area (Å²) in [7, 11) is 0. The van der Waals surface area contributed by atoms with E-state index in [4.69, 9.17) is 4.42 Å². The molecule has 0 spiro atoms. The van der Waals surface area contributed by atoms with E-state index in [0.29, 0.717) is 5.56 Å². The molecule has 90 valence electrons. The maximum Gasteiger partial charge on any atom is 0.224 e. The quantitative estimate of drug-likeness (QED) is 0.594. The summed E-state index contributed by atoms with van der Waals surface area (Å²) in [4.78, 5) is 11.4. The first-order valence-electron chi connectivity index (χ1n) is 5.46. The molecule has 3 rings (SSSR count). The lowest BCUT2D eigenvalue weighted by molar-refractivity contribution is 0.440. The molecule has 0 atom stereocenters. The summed E-state index contributed by atoms with van der Waals surface area (Å²) >= 11 is 0. The highest BCUT2D eigenvalue weighted by Crippen LogP contribution is 2.38. The highest BCUT2D eigenvalue weighted by atomic mass is 16.4. The smallest absolute Gasteiger partial charge is 0.224 e. The Kier molecular flexibility index (Phi) is 2.07. The summed E-state index contributed by atoms with van der Waals surface area (Å²) in [6, 6.07) is 7.94. The van der Waals surface area contributed by atoms with E-state index >= 15 is 0 Å². The van der Waals surface area contributed by atoms with Crippen molar-refractivity contribution in [2.45, 2.75) is 6.92 Å². The minimum Gasteiger partial charge on any atom is -0.504 e. The van der Waals surface area contributed by atoms with Gasteiger partial charge in [0.25, 0.3) is 0 Å². The minimum absolute atomic E-state index is 0.0202. The lowest BCUT2D eigenvalue weighted by atomic mass is 10.0. The molecule has 0 unspecified atom stereocenters. The number of para-hydroxylation sites is 1. The van der Waals surface area contributed by atoms with E-state index in [2.05, 4.69) is 0 Å². The normalized spacial score (nSPS) is 11.2. The Morgan fingerprint density at radius 2 is 1.89 bits per heavy atom. The van der Waals surface area contributed by atoms with E-state index in [1.807, 2.05) is 13.0 Å². The third-order valence-electron chi connectivity index (χ3n) is 3.10. The topological polar surface area (TPSA) is 70.7 Å². The number of phenols is 2. The number of hydrogen-bond donors (Lipinski definition) is 2. The molecule has 0 amide bonds. The van der Waals surface area contributed by atoms with Gasteiger partial charge in [0.1, 0.15) is 0 Å². The Morgan fingerprint density at radius 1 is 1.11 bits per heavy atom. The van der Waals surface area contributed by atoms with E-state index in [1.165, 1.54) is 12.1 Å². The number of aryl methyl sites for hydroxylation is 1. The third kappa shape index (κ3) is 1.29. The molecule has 4 heteroatoms. The van der Waals surface area contributed by atoms with E-state index in [-0.39, 0.29) is 17.1 Å². The average molecular weight is 242 g/mol. The van der Waals surface area contributed by atoms with Crippen LogP contribution < -0.4 is 5.43 Å². The van der Waals surface area contributed by atoms with Gasteiger partial charge in [-0.25, -0.2) is 0 Å². The molecule has 4 nitrogen and oxygen atoms in total. The zero-order chi connectivity index (χ0) is 12.9. The van der Waals surface area contributed by atoms with Gasteiger partial charge in [0, 0.05) is 10.9 Å². The Bertz CT molecular complexity index is 786. The molecule has 1 aromatic rings. The van der Waals surface area contributed by atoms with Crippen molar-refractivity contribution in [1.29, 1.82) is 0 Å². The zero-order valence-corrected chi connectivity index (χ0v) is 9.60. The van der Waals surface area contributed by atoms with Crippen LogP contribution in [0.2, 0.25) is 0 Å². The van der Waals surface area contributed by atoms with Gasteiger partial charge in [0.2, 0.25) is 11.2 Å². The number of benzene rings is 2. The van der Waals surface area contributed by atoms with Crippen LogP contribution in [0.25, 0.3) is 22.3 Å². The molecule has 0 aromatic heterocycles. The third-order valence-corrected chi connectivity index (χ3v) is 3.10. The van der Waals surface area contributed by atoms with Gasteiger partial charge in [-0.3, -0.25) is 4.79 Å². The van der Waals surface area contributed by atoms with Crippen LogP contribution >= 0.6 is 0 Å². The highest BCUT2D eigenvalue weighted by Gasteiger charge is 2.19. The fourth-order valence-corrected chi connectivity index (χ4v) is 2.13. The fourth-order valence-electron chi connectivity index (χ4n) is 2.13. The van der Waals surface area contributed by atoms with Crippen LogP contribution in [0.1, 0.15) is 5.56 Å². The Labute approximate surface area is 102 Å². The largest absolute Gasteiger partial charge is 0.504 e. The van der Waals surface area contributed by atoms with Crippen LogP contribution in [-0.4, -0.2) is 10.2 Å². The zero-order valence-electron chi connectivity index (χ0n) is 9.60. The van der Waals surface area contributed by atoms with Crippen molar-refractivity contribution in [3.8, 4) is 22.8 Å². The maximum absolute atomic E-state index is 11.4. The lowest BCUT2D eigenvalue weighted by Crippen LogP contribution is -2.01. The van der Waals surface area contributed by atoms with Crippen molar-refractivity contribution in [2.24, 2.45) is 0 Å². The van der Waals surface area contributed by atoms with Gasteiger partial charge < -0.3 is 14.6 Å². The first-order chi connectivity index (χ1) is 8.59.